The molecule has 1 N–H and O–H groups in total. The van der Waals surface area contributed by atoms with Crippen LogP contribution in [0.5, 0.6) is 11.5 Å². The van der Waals surface area contributed by atoms with E-state index < -0.39 is 0 Å². The number of nitrogens with zero attached hydrogens (tertiary/aromatic N) is 2. The van der Waals surface area contributed by atoms with Gasteiger partial charge in [-0.3, -0.25) is 0 Å². The molecule has 33 heavy (non-hydrogen) atoms. The van der Waals surface area contributed by atoms with Crippen molar-refractivity contribution < 1.29 is 23.3 Å². The van der Waals surface area contributed by atoms with Crippen LogP contribution in [0.15, 0.2) is 30.3 Å². The van der Waals surface area contributed by atoms with Gasteiger partial charge in [0.05, 0.1) is 38.5 Å². The van der Waals surface area contributed by atoms with Crippen molar-refractivity contribution >= 4 is 16.7 Å². The molecule has 8 heteroatoms. The van der Waals surface area contributed by atoms with Crippen LogP contribution in [-0.2, 0) is 14.9 Å². The van der Waals surface area contributed by atoms with Crippen molar-refractivity contribution in [3.05, 3.63) is 53.1 Å². The number of hydrogen-bond donors (Lipinski definition) is 1. The maximum absolute atomic E-state index is 15.5. The first kappa shape index (κ1) is 23.2. The molecule has 2 heterocycles. The Morgan fingerprint density at radius 3 is 2.61 bits per heavy atom. The van der Waals surface area contributed by atoms with Gasteiger partial charge in [0, 0.05) is 29.5 Å². The molecule has 0 spiro atoms. The van der Waals surface area contributed by atoms with Gasteiger partial charge in [-0.25, -0.2) is 14.4 Å². The largest absolute Gasteiger partial charge is 0.493 e. The van der Waals surface area contributed by atoms with Gasteiger partial charge in [0.2, 0.25) is 0 Å². The van der Waals surface area contributed by atoms with Gasteiger partial charge in [-0.15, -0.1) is 0 Å². The van der Waals surface area contributed by atoms with Crippen molar-refractivity contribution in [1.82, 2.24) is 9.97 Å². The predicted octanol–water partition coefficient (Wildman–Crippen LogP) is 4.57. The van der Waals surface area contributed by atoms with Crippen LogP contribution in [0.2, 0.25) is 0 Å². The van der Waals surface area contributed by atoms with E-state index in [4.69, 9.17) is 18.9 Å². The summed E-state index contributed by atoms with van der Waals surface area (Å²) < 4.78 is 37.2. The molecular formula is C25H30FN3O4. The molecule has 4 rings (SSSR count). The lowest BCUT2D eigenvalue weighted by Crippen LogP contribution is -2.44. The third-order valence-electron chi connectivity index (χ3n) is 5.98. The Labute approximate surface area is 193 Å². The lowest BCUT2D eigenvalue weighted by Gasteiger charge is -2.39. The summed E-state index contributed by atoms with van der Waals surface area (Å²) in [5.74, 6) is 2.14. The van der Waals surface area contributed by atoms with Crippen LogP contribution in [0.25, 0.3) is 10.9 Å². The molecule has 3 aromatic rings. The monoisotopic (exact) mass is 455 g/mol. The highest BCUT2D eigenvalue weighted by Crippen LogP contribution is 2.38. The zero-order valence-electron chi connectivity index (χ0n) is 19.7. The van der Waals surface area contributed by atoms with E-state index >= 15 is 4.39 Å². The van der Waals surface area contributed by atoms with Gasteiger partial charge in [0.25, 0.3) is 0 Å². The van der Waals surface area contributed by atoms with Crippen LogP contribution in [0.3, 0.4) is 0 Å². The van der Waals surface area contributed by atoms with Gasteiger partial charge >= 0.3 is 0 Å². The number of methoxy groups -OCH3 is 2. The first-order chi connectivity index (χ1) is 15.9. The molecule has 1 aliphatic rings. The number of halogens is 1. The Kier molecular flexibility index (Phi) is 6.67. The van der Waals surface area contributed by atoms with E-state index in [0.29, 0.717) is 66.2 Å². The second-order valence-corrected chi connectivity index (χ2v) is 8.61. The molecule has 1 saturated heterocycles. The normalized spacial score (nSPS) is 15.7. The topological polar surface area (TPSA) is 74.7 Å². The molecule has 0 saturated carbocycles. The number of ether oxygens (including phenoxy) is 4. The highest BCUT2D eigenvalue weighted by atomic mass is 19.1. The lowest BCUT2D eigenvalue weighted by atomic mass is 9.79. The fourth-order valence-corrected chi connectivity index (χ4v) is 4.07. The van der Waals surface area contributed by atoms with Crippen LogP contribution in [0, 0.1) is 12.7 Å². The Morgan fingerprint density at radius 1 is 1.15 bits per heavy atom. The van der Waals surface area contributed by atoms with E-state index in [1.807, 2.05) is 45.0 Å². The van der Waals surface area contributed by atoms with E-state index in [9.17, 15) is 0 Å². The first-order valence-electron chi connectivity index (χ1n) is 11.0. The minimum absolute atomic E-state index is 0.205. The molecule has 1 fully saturated rings. The van der Waals surface area contributed by atoms with Crippen molar-refractivity contribution in [2.24, 2.45) is 0 Å². The Hall–Kier alpha value is -2.97. The smallest absolute Gasteiger partial charge is 0.162 e. The van der Waals surface area contributed by atoms with E-state index in [1.54, 1.807) is 20.3 Å². The number of aryl methyl sites for hydroxylation is 1. The van der Waals surface area contributed by atoms with Crippen molar-refractivity contribution in [2.75, 3.05) is 46.0 Å². The third kappa shape index (κ3) is 4.58. The van der Waals surface area contributed by atoms with Crippen LogP contribution in [-0.4, -0.2) is 50.6 Å². The lowest BCUT2D eigenvalue weighted by molar-refractivity contribution is -0.0516. The van der Waals surface area contributed by atoms with Crippen LogP contribution in [0.4, 0.5) is 10.2 Å². The second kappa shape index (κ2) is 9.49. The molecule has 7 nitrogen and oxygen atoms in total. The van der Waals surface area contributed by atoms with Gasteiger partial charge < -0.3 is 24.3 Å². The quantitative estimate of drug-likeness (QED) is 0.474. The first-order valence-corrected chi connectivity index (χ1v) is 11.0. The average molecular weight is 456 g/mol. The summed E-state index contributed by atoms with van der Waals surface area (Å²) in [6, 6.07) is 8.88. The number of benzene rings is 2. The number of rotatable bonds is 9. The molecule has 0 aliphatic carbocycles. The fourth-order valence-electron chi connectivity index (χ4n) is 4.07. The minimum atomic E-state index is -0.327. The zero-order valence-corrected chi connectivity index (χ0v) is 19.7. The van der Waals surface area contributed by atoms with Crippen molar-refractivity contribution in [3.63, 3.8) is 0 Å². The van der Waals surface area contributed by atoms with Gasteiger partial charge in [-0.1, -0.05) is 25.1 Å². The standard InChI is InChI=1S/C25H30FN3O4/c1-15(17-7-6-8-19(23(17)26)25(3)13-32-14-25)27-24-18-11-22(33-10-9-30-4)21(31-5)12-20(18)28-16(2)29-24/h6-8,11-12,15H,9-10,13-14H2,1-5H3,(H,27,28,29)/t15-/m1/s1. The molecular weight excluding hydrogens is 425 g/mol. The summed E-state index contributed by atoms with van der Waals surface area (Å²) in [6.45, 7) is 7.65. The van der Waals surface area contributed by atoms with Gasteiger partial charge in [-0.05, 0) is 25.5 Å². The van der Waals surface area contributed by atoms with Gasteiger partial charge in [0.15, 0.2) is 11.5 Å². The molecule has 176 valence electrons. The maximum Gasteiger partial charge on any atom is 0.162 e. The van der Waals surface area contributed by atoms with Gasteiger partial charge in [-0.2, -0.15) is 0 Å². The van der Waals surface area contributed by atoms with Crippen molar-refractivity contribution in [1.29, 1.82) is 0 Å². The summed E-state index contributed by atoms with van der Waals surface area (Å²) in [4.78, 5) is 9.15. The van der Waals surface area contributed by atoms with Crippen molar-refractivity contribution in [2.45, 2.75) is 32.2 Å². The molecule has 0 amide bonds. The van der Waals surface area contributed by atoms with E-state index in [1.165, 1.54) is 0 Å². The highest BCUT2D eigenvalue weighted by Gasteiger charge is 2.38. The van der Waals surface area contributed by atoms with E-state index in [0.717, 1.165) is 5.39 Å². The van der Waals surface area contributed by atoms with Crippen LogP contribution >= 0.6 is 0 Å². The summed E-state index contributed by atoms with van der Waals surface area (Å²) in [5, 5.41) is 4.15. The molecule has 1 atom stereocenters. The molecule has 0 bridgehead atoms. The molecule has 0 unspecified atom stereocenters. The maximum atomic E-state index is 15.5. The number of anilines is 1. The molecule has 1 aliphatic heterocycles. The highest BCUT2D eigenvalue weighted by molar-refractivity contribution is 5.92. The average Bonchev–Trinajstić information content (AvgIpc) is 2.77. The number of nitrogens with one attached hydrogen (secondary N) is 1. The Morgan fingerprint density at radius 2 is 1.94 bits per heavy atom. The Bertz CT molecular complexity index is 1150. The zero-order chi connectivity index (χ0) is 23.6. The van der Waals surface area contributed by atoms with Crippen LogP contribution in [0.1, 0.15) is 36.8 Å². The number of aromatic nitrogens is 2. The number of fused-ring (bicyclic) bond motifs is 1. The summed E-state index contributed by atoms with van der Waals surface area (Å²) in [5.41, 5.74) is 1.68. The fraction of sp³-hybridized carbons (Fsp3) is 0.440. The van der Waals surface area contributed by atoms with E-state index in [-0.39, 0.29) is 17.3 Å². The summed E-state index contributed by atoms with van der Waals surface area (Å²) in [6.07, 6.45) is 0. The minimum Gasteiger partial charge on any atom is -0.493 e. The Balaban J connectivity index is 1.69. The second-order valence-electron chi connectivity index (χ2n) is 8.61. The van der Waals surface area contributed by atoms with Crippen molar-refractivity contribution in [3.8, 4) is 11.5 Å². The van der Waals surface area contributed by atoms with Gasteiger partial charge in [0.1, 0.15) is 24.1 Å². The molecule has 0 radical (unpaired) electrons. The van der Waals surface area contributed by atoms with E-state index in [2.05, 4.69) is 15.3 Å². The predicted molar refractivity (Wildman–Crippen MR) is 125 cm³/mol. The summed E-state index contributed by atoms with van der Waals surface area (Å²) >= 11 is 0. The van der Waals surface area contributed by atoms with Crippen LogP contribution < -0.4 is 14.8 Å². The summed E-state index contributed by atoms with van der Waals surface area (Å²) in [7, 11) is 3.20. The SMILES string of the molecule is COCCOc1cc2c(N[C@H](C)c3cccc(C4(C)COC4)c3F)nc(C)nc2cc1OC. The number of hydrogen-bond acceptors (Lipinski definition) is 7. The molecule has 2 aromatic carbocycles. The molecule has 1 aromatic heterocycles. The third-order valence-corrected chi connectivity index (χ3v) is 5.98.